The molecule has 2 rings (SSSR count). The standard InChI is InChI=1S/C15H16N2O3/c1-3-19-15(18)11-5-4-8-17-14(11)20-13-9-10(2)6-7-12(13)16/h4-9H,3,16H2,1-2H3. The Morgan fingerprint density at radius 1 is 1.35 bits per heavy atom. The van der Waals surface area contributed by atoms with Crippen molar-refractivity contribution in [2.75, 3.05) is 12.3 Å². The zero-order chi connectivity index (χ0) is 14.5. The Labute approximate surface area is 117 Å². The van der Waals surface area contributed by atoms with Crippen molar-refractivity contribution in [2.24, 2.45) is 0 Å². The maximum absolute atomic E-state index is 11.8. The molecule has 0 unspecified atom stereocenters. The van der Waals surface area contributed by atoms with Crippen LogP contribution < -0.4 is 10.5 Å². The molecule has 0 aliphatic heterocycles. The van der Waals surface area contributed by atoms with Crippen molar-refractivity contribution >= 4 is 11.7 Å². The van der Waals surface area contributed by atoms with Crippen LogP contribution in [0.3, 0.4) is 0 Å². The lowest BCUT2D eigenvalue weighted by Crippen LogP contribution is -2.07. The van der Waals surface area contributed by atoms with Crippen LogP contribution in [0.1, 0.15) is 22.8 Å². The van der Waals surface area contributed by atoms with Crippen LogP contribution in [-0.2, 0) is 4.74 Å². The monoisotopic (exact) mass is 272 g/mol. The van der Waals surface area contributed by atoms with Crippen molar-refractivity contribution in [3.05, 3.63) is 47.7 Å². The second-order valence-corrected chi connectivity index (χ2v) is 4.22. The first kappa shape index (κ1) is 13.9. The summed E-state index contributed by atoms with van der Waals surface area (Å²) in [6, 6.07) is 8.68. The molecule has 5 nitrogen and oxygen atoms in total. The maximum atomic E-state index is 11.8. The third-order valence-corrected chi connectivity index (χ3v) is 2.64. The maximum Gasteiger partial charge on any atom is 0.343 e. The van der Waals surface area contributed by atoms with Gasteiger partial charge in [-0.3, -0.25) is 0 Å². The molecular formula is C15H16N2O3. The largest absolute Gasteiger partial charge is 0.462 e. The van der Waals surface area contributed by atoms with E-state index < -0.39 is 5.97 Å². The van der Waals surface area contributed by atoms with Crippen molar-refractivity contribution < 1.29 is 14.3 Å². The highest BCUT2D eigenvalue weighted by Crippen LogP contribution is 2.29. The van der Waals surface area contributed by atoms with Gasteiger partial charge < -0.3 is 15.2 Å². The molecule has 0 radical (unpaired) electrons. The second kappa shape index (κ2) is 6.06. The van der Waals surface area contributed by atoms with Crippen LogP contribution >= 0.6 is 0 Å². The van der Waals surface area contributed by atoms with Crippen LogP contribution in [0.5, 0.6) is 11.6 Å². The Balaban J connectivity index is 2.34. The molecule has 104 valence electrons. The number of aromatic nitrogens is 1. The fourth-order valence-corrected chi connectivity index (χ4v) is 1.67. The molecular weight excluding hydrogens is 256 g/mol. The molecule has 20 heavy (non-hydrogen) atoms. The van der Waals surface area contributed by atoms with Crippen LogP contribution in [0, 0.1) is 6.92 Å². The zero-order valence-electron chi connectivity index (χ0n) is 11.4. The van der Waals surface area contributed by atoms with Crippen molar-refractivity contribution in [1.29, 1.82) is 0 Å². The minimum Gasteiger partial charge on any atom is -0.462 e. The zero-order valence-corrected chi connectivity index (χ0v) is 11.4. The highest BCUT2D eigenvalue weighted by molar-refractivity contribution is 5.91. The summed E-state index contributed by atoms with van der Waals surface area (Å²) in [4.78, 5) is 15.9. The Bertz CT molecular complexity index is 626. The van der Waals surface area contributed by atoms with E-state index in [-0.39, 0.29) is 11.4 Å². The normalized spacial score (nSPS) is 10.1. The molecule has 1 aromatic carbocycles. The molecule has 1 aromatic heterocycles. The number of aryl methyl sites for hydroxylation is 1. The molecule has 0 spiro atoms. The number of rotatable bonds is 4. The average molecular weight is 272 g/mol. The second-order valence-electron chi connectivity index (χ2n) is 4.22. The molecule has 0 saturated heterocycles. The number of nitrogen functional groups attached to an aromatic ring is 1. The van der Waals surface area contributed by atoms with Gasteiger partial charge in [0.2, 0.25) is 5.88 Å². The predicted molar refractivity (Wildman–Crippen MR) is 75.9 cm³/mol. The molecule has 0 bridgehead atoms. The fourth-order valence-electron chi connectivity index (χ4n) is 1.67. The molecule has 0 aliphatic rings. The molecule has 5 heteroatoms. The van der Waals surface area contributed by atoms with E-state index >= 15 is 0 Å². The van der Waals surface area contributed by atoms with E-state index in [0.29, 0.717) is 18.0 Å². The number of hydrogen-bond donors (Lipinski definition) is 1. The number of anilines is 1. The van der Waals surface area contributed by atoms with Crippen molar-refractivity contribution in [3.8, 4) is 11.6 Å². The molecule has 2 N–H and O–H groups in total. The Morgan fingerprint density at radius 2 is 2.15 bits per heavy atom. The summed E-state index contributed by atoms with van der Waals surface area (Å²) in [5.41, 5.74) is 7.61. The Kier molecular flexibility index (Phi) is 4.20. The number of ether oxygens (including phenoxy) is 2. The van der Waals surface area contributed by atoms with Gasteiger partial charge in [0.1, 0.15) is 5.56 Å². The summed E-state index contributed by atoms with van der Waals surface area (Å²) in [7, 11) is 0. The number of nitrogens with two attached hydrogens (primary N) is 1. The van der Waals surface area contributed by atoms with E-state index in [1.807, 2.05) is 13.0 Å². The van der Waals surface area contributed by atoms with E-state index in [1.165, 1.54) is 0 Å². The smallest absolute Gasteiger partial charge is 0.343 e. The summed E-state index contributed by atoms with van der Waals surface area (Å²) >= 11 is 0. The summed E-state index contributed by atoms with van der Waals surface area (Å²) in [6.45, 7) is 3.96. The Morgan fingerprint density at radius 3 is 2.90 bits per heavy atom. The van der Waals surface area contributed by atoms with Crippen molar-refractivity contribution in [3.63, 3.8) is 0 Å². The highest BCUT2D eigenvalue weighted by atomic mass is 16.5. The molecule has 0 fully saturated rings. The van der Waals surface area contributed by atoms with Gasteiger partial charge in [0.05, 0.1) is 12.3 Å². The third kappa shape index (κ3) is 3.06. The van der Waals surface area contributed by atoms with Gasteiger partial charge in [-0.2, -0.15) is 0 Å². The average Bonchev–Trinajstić information content (AvgIpc) is 2.44. The minimum atomic E-state index is -0.471. The highest BCUT2D eigenvalue weighted by Gasteiger charge is 2.16. The lowest BCUT2D eigenvalue weighted by atomic mass is 10.2. The van der Waals surface area contributed by atoms with Gasteiger partial charge in [0.15, 0.2) is 5.75 Å². The number of pyridine rings is 1. The van der Waals surface area contributed by atoms with Crippen LogP contribution in [0.25, 0.3) is 0 Å². The minimum absolute atomic E-state index is 0.184. The quantitative estimate of drug-likeness (QED) is 0.684. The van der Waals surface area contributed by atoms with Gasteiger partial charge >= 0.3 is 5.97 Å². The number of nitrogens with zero attached hydrogens (tertiary/aromatic N) is 1. The molecule has 0 amide bonds. The van der Waals surface area contributed by atoms with Crippen molar-refractivity contribution in [1.82, 2.24) is 4.98 Å². The van der Waals surface area contributed by atoms with Crippen LogP contribution in [0.4, 0.5) is 5.69 Å². The van der Waals surface area contributed by atoms with E-state index in [9.17, 15) is 4.79 Å². The number of carbonyl (C=O) groups is 1. The van der Waals surface area contributed by atoms with E-state index in [4.69, 9.17) is 15.2 Å². The van der Waals surface area contributed by atoms with E-state index in [2.05, 4.69) is 4.98 Å². The number of esters is 1. The summed E-state index contributed by atoms with van der Waals surface area (Å²) in [5.74, 6) is 0.180. The first-order chi connectivity index (χ1) is 9.61. The lowest BCUT2D eigenvalue weighted by Gasteiger charge is -2.11. The molecule has 0 atom stereocenters. The summed E-state index contributed by atoms with van der Waals surface area (Å²) < 4.78 is 10.6. The SMILES string of the molecule is CCOC(=O)c1cccnc1Oc1cc(C)ccc1N. The first-order valence-corrected chi connectivity index (χ1v) is 6.28. The van der Waals surface area contributed by atoms with Crippen LogP contribution in [0.15, 0.2) is 36.5 Å². The van der Waals surface area contributed by atoms with E-state index in [1.54, 1.807) is 37.4 Å². The Hall–Kier alpha value is -2.56. The summed E-state index contributed by atoms with van der Waals surface area (Å²) in [6.07, 6.45) is 1.55. The number of hydrogen-bond acceptors (Lipinski definition) is 5. The lowest BCUT2D eigenvalue weighted by molar-refractivity contribution is 0.0522. The first-order valence-electron chi connectivity index (χ1n) is 6.28. The molecule has 0 saturated carbocycles. The molecule has 0 aliphatic carbocycles. The van der Waals surface area contributed by atoms with Gasteiger partial charge in [-0.25, -0.2) is 9.78 Å². The van der Waals surface area contributed by atoms with Crippen molar-refractivity contribution in [2.45, 2.75) is 13.8 Å². The topological polar surface area (TPSA) is 74.4 Å². The predicted octanol–water partition coefficient (Wildman–Crippen LogP) is 2.94. The molecule has 1 heterocycles. The summed E-state index contributed by atoms with van der Waals surface area (Å²) in [5, 5.41) is 0. The van der Waals surface area contributed by atoms with Gasteiger partial charge in [-0.15, -0.1) is 0 Å². The van der Waals surface area contributed by atoms with Gasteiger partial charge in [0.25, 0.3) is 0 Å². The fraction of sp³-hybridized carbons (Fsp3) is 0.200. The molecule has 2 aromatic rings. The van der Waals surface area contributed by atoms with Gasteiger partial charge in [-0.1, -0.05) is 6.07 Å². The van der Waals surface area contributed by atoms with Gasteiger partial charge in [-0.05, 0) is 43.7 Å². The van der Waals surface area contributed by atoms with Crippen LogP contribution in [-0.4, -0.2) is 17.6 Å². The van der Waals surface area contributed by atoms with Crippen LogP contribution in [0.2, 0.25) is 0 Å². The number of carbonyl (C=O) groups excluding carboxylic acids is 1. The van der Waals surface area contributed by atoms with Gasteiger partial charge in [0, 0.05) is 6.20 Å². The van der Waals surface area contributed by atoms with E-state index in [0.717, 1.165) is 5.56 Å². The third-order valence-electron chi connectivity index (χ3n) is 2.64. The number of benzene rings is 1.